The summed E-state index contributed by atoms with van der Waals surface area (Å²) in [5, 5.41) is 3.19. The fraction of sp³-hybridized carbons (Fsp3) is 0.529. The minimum absolute atomic E-state index is 0.101. The molecule has 0 saturated heterocycles. The standard InChI is InChI=1S/C17H23N3O/c21-17(19-14-8-4-2-1-3-5-9-14)12-15-13-20-11-7-6-10-16(20)18-15/h6-7,10-11,13-14H,1-5,8-9,12H2,(H,19,21). The van der Waals surface area contributed by atoms with Crippen molar-refractivity contribution in [3.8, 4) is 0 Å². The van der Waals surface area contributed by atoms with Gasteiger partial charge < -0.3 is 9.72 Å². The van der Waals surface area contributed by atoms with E-state index in [-0.39, 0.29) is 5.91 Å². The van der Waals surface area contributed by atoms with Gasteiger partial charge in [0.25, 0.3) is 0 Å². The van der Waals surface area contributed by atoms with E-state index in [1.54, 1.807) is 0 Å². The highest BCUT2D eigenvalue weighted by molar-refractivity contribution is 5.78. The van der Waals surface area contributed by atoms with E-state index >= 15 is 0 Å². The van der Waals surface area contributed by atoms with Gasteiger partial charge in [-0.25, -0.2) is 4.98 Å². The van der Waals surface area contributed by atoms with Crippen molar-refractivity contribution < 1.29 is 4.79 Å². The number of aromatic nitrogens is 2. The highest BCUT2D eigenvalue weighted by Gasteiger charge is 2.15. The van der Waals surface area contributed by atoms with Crippen LogP contribution in [0.4, 0.5) is 0 Å². The normalized spacial score (nSPS) is 17.3. The van der Waals surface area contributed by atoms with Crippen molar-refractivity contribution in [1.82, 2.24) is 14.7 Å². The van der Waals surface area contributed by atoms with Gasteiger partial charge in [-0.3, -0.25) is 4.79 Å². The van der Waals surface area contributed by atoms with Gasteiger partial charge in [0.1, 0.15) is 5.65 Å². The Kier molecular flexibility index (Phi) is 4.53. The Labute approximate surface area is 125 Å². The average molecular weight is 285 g/mol. The molecule has 4 heteroatoms. The Bertz CT molecular complexity index is 564. The maximum Gasteiger partial charge on any atom is 0.226 e. The number of fused-ring (bicyclic) bond motifs is 1. The SMILES string of the molecule is O=C(Cc1cn2ccccc2n1)NC1CCCCCCC1. The third kappa shape index (κ3) is 3.84. The van der Waals surface area contributed by atoms with E-state index in [2.05, 4.69) is 10.3 Å². The molecule has 1 aliphatic carbocycles. The number of rotatable bonds is 3. The summed E-state index contributed by atoms with van der Waals surface area (Å²) in [4.78, 5) is 16.7. The molecular formula is C17H23N3O. The zero-order valence-electron chi connectivity index (χ0n) is 12.4. The van der Waals surface area contributed by atoms with E-state index in [4.69, 9.17) is 0 Å². The molecular weight excluding hydrogens is 262 g/mol. The molecule has 2 heterocycles. The molecule has 0 aliphatic heterocycles. The molecule has 1 fully saturated rings. The van der Waals surface area contributed by atoms with Crippen LogP contribution in [0, 0.1) is 0 Å². The van der Waals surface area contributed by atoms with Gasteiger partial charge in [0.05, 0.1) is 12.1 Å². The molecule has 0 unspecified atom stereocenters. The predicted octanol–water partition coefficient (Wildman–Crippen LogP) is 3.11. The van der Waals surface area contributed by atoms with Gasteiger partial charge in [0.2, 0.25) is 5.91 Å². The molecule has 1 saturated carbocycles. The molecule has 1 aliphatic rings. The number of amides is 1. The molecule has 21 heavy (non-hydrogen) atoms. The van der Waals surface area contributed by atoms with Crippen molar-refractivity contribution in [3.05, 3.63) is 36.3 Å². The molecule has 1 N–H and O–H groups in total. The summed E-state index contributed by atoms with van der Waals surface area (Å²) in [5.74, 6) is 0.101. The van der Waals surface area contributed by atoms with E-state index < -0.39 is 0 Å². The number of hydrogen-bond donors (Lipinski definition) is 1. The van der Waals surface area contributed by atoms with Gasteiger partial charge in [-0.15, -0.1) is 0 Å². The zero-order chi connectivity index (χ0) is 14.5. The number of hydrogen-bond acceptors (Lipinski definition) is 2. The fourth-order valence-electron chi connectivity index (χ4n) is 3.12. The number of imidazole rings is 1. The van der Waals surface area contributed by atoms with Gasteiger partial charge in [-0.05, 0) is 25.0 Å². The first-order valence-electron chi connectivity index (χ1n) is 8.03. The first-order valence-corrected chi connectivity index (χ1v) is 8.03. The van der Waals surface area contributed by atoms with Crippen LogP contribution in [0.15, 0.2) is 30.6 Å². The summed E-state index contributed by atoms with van der Waals surface area (Å²) in [7, 11) is 0. The highest BCUT2D eigenvalue weighted by Crippen LogP contribution is 2.17. The summed E-state index contributed by atoms with van der Waals surface area (Å²) in [6, 6.07) is 6.24. The second-order valence-electron chi connectivity index (χ2n) is 5.98. The van der Waals surface area contributed by atoms with Crippen molar-refractivity contribution in [2.24, 2.45) is 0 Å². The quantitative estimate of drug-likeness (QED) is 0.942. The molecule has 0 aromatic carbocycles. The molecule has 2 aromatic heterocycles. The molecule has 112 valence electrons. The number of carbonyl (C=O) groups excluding carboxylic acids is 1. The van der Waals surface area contributed by atoms with Crippen molar-refractivity contribution in [2.45, 2.75) is 57.4 Å². The lowest BCUT2D eigenvalue weighted by Crippen LogP contribution is -2.36. The van der Waals surface area contributed by atoms with Crippen molar-refractivity contribution >= 4 is 11.6 Å². The first-order chi connectivity index (χ1) is 10.3. The van der Waals surface area contributed by atoms with Gasteiger partial charge in [-0.1, -0.05) is 38.2 Å². The molecule has 3 rings (SSSR count). The first kappa shape index (κ1) is 14.1. The zero-order valence-corrected chi connectivity index (χ0v) is 12.4. The van der Waals surface area contributed by atoms with Gasteiger partial charge in [0.15, 0.2) is 0 Å². The Morgan fingerprint density at radius 2 is 1.95 bits per heavy atom. The Hall–Kier alpha value is -1.84. The number of pyridine rings is 1. The van der Waals surface area contributed by atoms with Crippen molar-refractivity contribution in [1.29, 1.82) is 0 Å². The number of nitrogens with zero attached hydrogens (tertiary/aromatic N) is 2. The van der Waals surface area contributed by atoms with Crippen LogP contribution >= 0.6 is 0 Å². The van der Waals surface area contributed by atoms with Crippen LogP contribution < -0.4 is 5.32 Å². The summed E-state index contributed by atoms with van der Waals surface area (Å²) in [6.07, 6.45) is 12.9. The van der Waals surface area contributed by atoms with Crippen molar-refractivity contribution in [3.63, 3.8) is 0 Å². The third-order valence-corrected chi connectivity index (χ3v) is 4.23. The second-order valence-corrected chi connectivity index (χ2v) is 5.98. The predicted molar refractivity (Wildman–Crippen MR) is 83.1 cm³/mol. The largest absolute Gasteiger partial charge is 0.353 e. The summed E-state index contributed by atoms with van der Waals surface area (Å²) < 4.78 is 1.96. The van der Waals surface area contributed by atoms with Crippen LogP contribution in [0.3, 0.4) is 0 Å². The Balaban J connectivity index is 1.57. The van der Waals surface area contributed by atoms with Gasteiger partial charge in [-0.2, -0.15) is 0 Å². The molecule has 4 nitrogen and oxygen atoms in total. The minimum atomic E-state index is 0.101. The minimum Gasteiger partial charge on any atom is -0.353 e. The van der Waals surface area contributed by atoms with E-state index in [9.17, 15) is 4.79 Å². The van der Waals surface area contributed by atoms with E-state index in [0.717, 1.165) is 24.2 Å². The summed E-state index contributed by atoms with van der Waals surface area (Å²) in [5.41, 5.74) is 1.73. The number of carbonyl (C=O) groups is 1. The van der Waals surface area contributed by atoms with Crippen LogP contribution in [-0.4, -0.2) is 21.3 Å². The molecule has 2 aromatic rings. The van der Waals surface area contributed by atoms with Crippen molar-refractivity contribution in [2.75, 3.05) is 0 Å². The van der Waals surface area contributed by atoms with Crippen LogP contribution in [0.5, 0.6) is 0 Å². The molecule has 0 radical (unpaired) electrons. The van der Waals surface area contributed by atoms with Crippen LogP contribution in [-0.2, 0) is 11.2 Å². The topological polar surface area (TPSA) is 46.4 Å². The fourth-order valence-corrected chi connectivity index (χ4v) is 3.12. The monoisotopic (exact) mass is 285 g/mol. The maximum atomic E-state index is 12.2. The van der Waals surface area contributed by atoms with Crippen LogP contribution in [0.1, 0.15) is 50.6 Å². The van der Waals surface area contributed by atoms with Gasteiger partial charge in [0, 0.05) is 18.4 Å². The highest BCUT2D eigenvalue weighted by atomic mass is 16.1. The van der Waals surface area contributed by atoms with Crippen LogP contribution in [0.25, 0.3) is 5.65 Å². The van der Waals surface area contributed by atoms with E-state index in [1.807, 2.05) is 35.0 Å². The third-order valence-electron chi connectivity index (χ3n) is 4.23. The molecule has 1 amide bonds. The van der Waals surface area contributed by atoms with Crippen LogP contribution in [0.2, 0.25) is 0 Å². The Morgan fingerprint density at radius 3 is 2.71 bits per heavy atom. The van der Waals surface area contributed by atoms with Gasteiger partial charge >= 0.3 is 0 Å². The number of nitrogens with one attached hydrogen (secondary N) is 1. The lowest BCUT2D eigenvalue weighted by Gasteiger charge is -2.20. The Morgan fingerprint density at radius 1 is 1.19 bits per heavy atom. The average Bonchev–Trinajstić information content (AvgIpc) is 2.83. The molecule has 0 atom stereocenters. The van der Waals surface area contributed by atoms with E-state index in [0.29, 0.717) is 12.5 Å². The smallest absolute Gasteiger partial charge is 0.226 e. The maximum absolute atomic E-state index is 12.2. The molecule has 0 bridgehead atoms. The second kappa shape index (κ2) is 6.74. The molecule has 0 spiro atoms. The summed E-state index contributed by atoms with van der Waals surface area (Å²) in [6.45, 7) is 0. The van der Waals surface area contributed by atoms with E-state index in [1.165, 1.54) is 32.1 Å². The summed E-state index contributed by atoms with van der Waals surface area (Å²) >= 11 is 0. The lowest BCUT2D eigenvalue weighted by atomic mass is 9.96. The lowest BCUT2D eigenvalue weighted by molar-refractivity contribution is -0.121.